The van der Waals surface area contributed by atoms with E-state index in [9.17, 15) is 0 Å². The van der Waals surface area contributed by atoms with Crippen molar-refractivity contribution in [2.75, 3.05) is 46.9 Å². The number of halogens is 1. The number of guanidine groups is 1. The summed E-state index contributed by atoms with van der Waals surface area (Å²) in [6, 6.07) is 10.0. The third-order valence-corrected chi connectivity index (χ3v) is 6.20. The topological polar surface area (TPSA) is 52.1 Å². The van der Waals surface area contributed by atoms with Gasteiger partial charge in [0.2, 0.25) is 0 Å². The molecule has 1 aliphatic heterocycles. The van der Waals surface area contributed by atoms with E-state index in [0.717, 1.165) is 50.5 Å². The first-order chi connectivity index (χ1) is 14.1. The normalized spacial score (nSPS) is 19.3. The number of ether oxygens (including phenoxy) is 1. The smallest absolute Gasteiger partial charge is 0.191 e. The molecule has 1 saturated carbocycles. The summed E-state index contributed by atoms with van der Waals surface area (Å²) in [4.78, 5) is 9.93. The Morgan fingerprint density at radius 3 is 2.63 bits per heavy atom. The summed E-state index contributed by atoms with van der Waals surface area (Å²) in [5.41, 5.74) is 1.30. The highest BCUT2D eigenvalue weighted by Crippen LogP contribution is 2.28. The Labute approximate surface area is 199 Å². The van der Waals surface area contributed by atoms with Gasteiger partial charge < -0.3 is 15.4 Å². The molecule has 0 spiro atoms. The SMILES string of the molecule is CCNC(=NCC(C)N(C)C1CC1)NCC(c1cccc(OC)c1)N1CCCC1.I. The van der Waals surface area contributed by atoms with Crippen LogP contribution in [-0.2, 0) is 0 Å². The number of likely N-dealkylation sites (N-methyl/N-ethyl adjacent to an activating group) is 1. The highest BCUT2D eigenvalue weighted by atomic mass is 127. The lowest BCUT2D eigenvalue weighted by atomic mass is 10.1. The van der Waals surface area contributed by atoms with Crippen LogP contribution in [0.3, 0.4) is 0 Å². The molecule has 0 radical (unpaired) electrons. The molecule has 0 amide bonds. The molecule has 1 saturated heterocycles. The quantitative estimate of drug-likeness (QED) is 0.276. The van der Waals surface area contributed by atoms with Crippen molar-refractivity contribution in [3.63, 3.8) is 0 Å². The van der Waals surface area contributed by atoms with Crippen LogP contribution in [0.15, 0.2) is 29.3 Å². The molecule has 2 unspecified atom stereocenters. The largest absolute Gasteiger partial charge is 0.497 e. The molecule has 6 nitrogen and oxygen atoms in total. The number of hydrogen-bond donors (Lipinski definition) is 2. The van der Waals surface area contributed by atoms with Crippen molar-refractivity contribution in [2.45, 2.75) is 57.7 Å². The van der Waals surface area contributed by atoms with Crippen LogP contribution in [-0.4, -0.2) is 74.7 Å². The van der Waals surface area contributed by atoms with Gasteiger partial charge in [-0.1, -0.05) is 12.1 Å². The molecule has 2 atom stereocenters. The zero-order valence-corrected chi connectivity index (χ0v) is 21.4. The first kappa shape index (κ1) is 25.2. The van der Waals surface area contributed by atoms with Gasteiger partial charge in [-0.3, -0.25) is 14.8 Å². The maximum atomic E-state index is 5.46. The fourth-order valence-corrected chi connectivity index (χ4v) is 4.09. The number of nitrogens with one attached hydrogen (secondary N) is 2. The Hall–Kier alpha value is -1.06. The van der Waals surface area contributed by atoms with Crippen LogP contribution < -0.4 is 15.4 Å². The third kappa shape index (κ3) is 7.27. The predicted octanol–water partition coefficient (Wildman–Crippen LogP) is 3.49. The Morgan fingerprint density at radius 1 is 1.27 bits per heavy atom. The predicted molar refractivity (Wildman–Crippen MR) is 136 cm³/mol. The molecule has 3 rings (SSSR count). The van der Waals surface area contributed by atoms with Crippen LogP contribution >= 0.6 is 24.0 Å². The van der Waals surface area contributed by atoms with Crippen molar-refractivity contribution >= 4 is 29.9 Å². The van der Waals surface area contributed by atoms with Crippen LogP contribution in [0.1, 0.15) is 51.1 Å². The summed E-state index contributed by atoms with van der Waals surface area (Å²) >= 11 is 0. The number of hydrogen-bond acceptors (Lipinski definition) is 4. The maximum Gasteiger partial charge on any atom is 0.191 e. The Bertz CT molecular complexity index is 661. The standard InChI is InChI=1S/C23H39N5O.HI/c1-5-24-23(25-16-18(2)27(3)20-11-12-20)26-17-22(28-13-6-7-14-28)19-9-8-10-21(15-19)29-4;/h8-10,15,18,20,22H,5-7,11-14,16-17H2,1-4H3,(H2,24,25,26);1H. The van der Waals surface area contributed by atoms with Gasteiger partial charge in [0, 0.05) is 25.2 Å². The molecule has 7 heteroatoms. The molecule has 0 aromatic heterocycles. The molecular formula is C23H40IN5O. The van der Waals surface area contributed by atoms with E-state index in [0.29, 0.717) is 12.1 Å². The summed E-state index contributed by atoms with van der Waals surface area (Å²) in [6.07, 6.45) is 5.22. The average Bonchev–Trinajstić information content (AvgIpc) is 3.46. The van der Waals surface area contributed by atoms with Gasteiger partial charge in [-0.05, 0) is 77.4 Å². The number of rotatable bonds is 10. The van der Waals surface area contributed by atoms with Gasteiger partial charge in [-0.2, -0.15) is 0 Å². The molecule has 2 aliphatic rings. The second kappa shape index (κ2) is 12.7. The number of aliphatic imine (C=N–C) groups is 1. The van der Waals surface area contributed by atoms with Crippen molar-refractivity contribution in [1.82, 2.24) is 20.4 Å². The van der Waals surface area contributed by atoms with Crippen LogP contribution in [0, 0.1) is 0 Å². The second-order valence-electron chi connectivity index (χ2n) is 8.38. The maximum absolute atomic E-state index is 5.46. The fraction of sp³-hybridized carbons (Fsp3) is 0.696. The molecule has 1 heterocycles. The number of benzene rings is 1. The van der Waals surface area contributed by atoms with Gasteiger partial charge in [-0.25, -0.2) is 0 Å². The van der Waals surface area contributed by atoms with E-state index in [1.165, 1.54) is 31.2 Å². The van der Waals surface area contributed by atoms with Gasteiger partial charge in [-0.15, -0.1) is 24.0 Å². The molecule has 1 aromatic carbocycles. The van der Waals surface area contributed by atoms with Crippen LogP contribution in [0.5, 0.6) is 5.75 Å². The average molecular weight is 530 g/mol. The van der Waals surface area contributed by atoms with Crippen molar-refractivity contribution < 1.29 is 4.74 Å². The summed E-state index contributed by atoms with van der Waals surface area (Å²) in [5, 5.41) is 7.03. The van der Waals surface area contributed by atoms with Gasteiger partial charge in [0.05, 0.1) is 19.7 Å². The molecule has 30 heavy (non-hydrogen) atoms. The van der Waals surface area contributed by atoms with Gasteiger partial charge >= 0.3 is 0 Å². The lowest BCUT2D eigenvalue weighted by Crippen LogP contribution is -2.43. The molecule has 0 bridgehead atoms. The van der Waals surface area contributed by atoms with Crippen molar-refractivity contribution in [3.05, 3.63) is 29.8 Å². The summed E-state index contributed by atoms with van der Waals surface area (Å²) in [6.45, 7) is 9.22. The van der Waals surface area contributed by atoms with E-state index in [1.807, 2.05) is 6.07 Å². The molecule has 2 fully saturated rings. The first-order valence-electron chi connectivity index (χ1n) is 11.2. The zero-order valence-electron chi connectivity index (χ0n) is 19.1. The summed E-state index contributed by atoms with van der Waals surface area (Å²) < 4.78 is 5.46. The Kier molecular flexibility index (Phi) is 10.7. The molecule has 2 N–H and O–H groups in total. The molecule has 170 valence electrons. The van der Waals surface area contributed by atoms with Crippen LogP contribution in [0.25, 0.3) is 0 Å². The molecule has 1 aliphatic carbocycles. The fourth-order valence-electron chi connectivity index (χ4n) is 4.09. The number of methoxy groups -OCH3 is 1. The number of likely N-dealkylation sites (tertiary alicyclic amines) is 1. The van der Waals surface area contributed by atoms with Crippen molar-refractivity contribution in [2.24, 2.45) is 4.99 Å². The van der Waals surface area contributed by atoms with Gasteiger partial charge in [0.15, 0.2) is 5.96 Å². The lowest BCUT2D eigenvalue weighted by molar-refractivity contribution is 0.244. The van der Waals surface area contributed by atoms with Crippen molar-refractivity contribution in [3.8, 4) is 5.75 Å². The highest BCUT2D eigenvalue weighted by Gasteiger charge is 2.29. The summed E-state index contributed by atoms with van der Waals surface area (Å²) in [7, 11) is 3.96. The van der Waals surface area contributed by atoms with Crippen molar-refractivity contribution in [1.29, 1.82) is 0 Å². The summed E-state index contributed by atoms with van der Waals surface area (Å²) in [5.74, 6) is 1.83. The third-order valence-electron chi connectivity index (χ3n) is 6.20. The highest BCUT2D eigenvalue weighted by molar-refractivity contribution is 14.0. The van der Waals surface area contributed by atoms with Gasteiger partial charge in [0.1, 0.15) is 5.75 Å². The van der Waals surface area contributed by atoms with E-state index in [1.54, 1.807) is 7.11 Å². The lowest BCUT2D eigenvalue weighted by Gasteiger charge is -2.29. The minimum absolute atomic E-state index is 0. The Balaban J connectivity index is 0.00000320. The number of nitrogens with zero attached hydrogens (tertiary/aromatic N) is 3. The second-order valence-corrected chi connectivity index (χ2v) is 8.38. The van der Waals surface area contributed by atoms with E-state index >= 15 is 0 Å². The van der Waals surface area contributed by atoms with E-state index < -0.39 is 0 Å². The van der Waals surface area contributed by atoms with E-state index in [-0.39, 0.29) is 24.0 Å². The van der Waals surface area contributed by atoms with E-state index in [2.05, 4.69) is 59.5 Å². The minimum Gasteiger partial charge on any atom is -0.497 e. The monoisotopic (exact) mass is 529 g/mol. The van der Waals surface area contributed by atoms with Crippen LogP contribution in [0.4, 0.5) is 0 Å². The van der Waals surface area contributed by atoms with E-state index in [4.69, 9.17) is 9.73 Å². The molecule has 1 aromatic rings. The van der Waals surface area contributed by atoms with Gasteiger partial charge in [0.25, 0.3) is 0 Å². The minimum atomic E-state index is 0. The first-order valence-corrected chi connectivity index (χ1v) is 11.2. The van der Waals surface area contributed by atoms with Crippen LogP contribution in [0.2, 0.25) is 0 Å². The molecular weight excluding hydrogens is 489 g/mol. The zero-order chi connectivity index (χ0) is 20.6. The Morgan fingerprint density at radius 2 is 2.00 bits per heavy atom.